The molecule has 0 spiro atoms. The predicted molar refractivity (Wildman–Crippen MR) is 83.3 cm³/mol. The minimum Gasteiger partial charge on any atom is -0.497 e. The third-order valence-electron chi connectivity index (χ3n) is 3.45. The van der Waals surface area contributed by atoms with Gasteiger partial charge in [-0.25, -0.2) is 0 Å². The molecule has 112 valence electrons. The first-order valence-electron chi connectivity index (χ1n) is 6.97. The van der Waals surface area contributed by atoms with Gasteiger partial charge in [-0.15, -0.1) is 0 Å². The molecule has 0 amide bonds. The summed E-state index contributed by atoms with van der Waals surface area (Å²) >= 11 is 0. The fourth-order valence-corrected chi connectivity index (χ4v) is 2.26. The molecule has 0 saturated heterocycles. The van der Waals surface area contributed by atoms with Crippen molar-refractivity contribution in [1.82, 2.24) is 0 Å². The van der Waals surface area contributed by atoms with Gasteiger partial charge in [0.05, 0.1) is 19.8 Å². The first kappa shape index (κ1) is 14.2. The van der Waals surface area contributed by atoms with E-state index < -0.39 is 0 Å². The molecule has 4 nitrogen and oxygen atoms in total. The van der Waals surface area contributed by atoms with Crippen molar-refractivity contribution >= 4 is 16.9 Å². The van der Waals surface area contributed by atoms with E-state index in [2.05, 4.69) is 0 Å². The number of carbonyl (C=O) groups excluding carboxylic acids is 1. The maximum absolute atomic E-state index is 12.0. The Labute approximate surface area is 128 Å². The number of methoxy groups -OCH3 is 1. The lowest BCUT2D eigenvalue weighted by Crippen LogP contribution is -2.10. The standard InChI is InChI=1S/C18H16O4/c1-12-3-5-14(6-4-12)22-18(19)9-13-11-21-17-10-15(20-2)7-8-16(13)17/h3-8,10-11H,9H2,1-2H3. The van der Waals surface area contributed by atoms with Crippen LogP contribution in [0.1, 0.15) is 11.1 Å². The highest BCUT2D eigenvalue weighted by Gasteiger charge is 2.12. The molecule has 3 aromatic rings. The summed E-state index contributed by atoms with van der Waals surface area (Å²) in [6.45, 7) is 1.98. The number of furan rings is 1. The van der Waals surface area contributed by atoms with Gasteiger partial charge in [0.15, 0.2) is 0 Å². The summed E-state index contributed by atoms with van der Waals surface area (Å²) in [5.74, 6) is 0.947. The topological polar surface area (TPSA) is 48.7 Å². The van der Waals surface area contributed by atoms with Crippen LogP contribution in [0, 0.1) is 6.92 Å². The number of ether oxygens (including phenoxy) is 2. The van der Waals surface area contributed by atoms with Crippen molar-refractivity contribution in [3.05, 3.63) is 59.9 Å². The van der Waals surface area contributed by atoms with Crippen LogP contribution in [0.4, 0.5) is 0 Å². The second kappa shape index (κ2) is 5.93. The van der Waals surface area contributed by atoms with Gasteiger partial charge in [0.25, 0.3) is 0 Å². The molecule has 0 aliphatic carbocycles. The lowest BCUT2D eigenvalue weighted by Gasteiger charge is -2.04. The molecule has 0 N–H and O–H groups in total. The number of hydrogen-bond donors (Lipinski definition) is 0. The molecule has 4 heteroatoms. The summed E-state index contributed by atoms with van der Waals surface area (Å²) in [5, 5.41) is 0.890. The van der Waals surface area contributed by atoms with Crippen molar-refractivity contribution in [2.45, 2.75) is 13.3 Å². The van der Waals surface area contributed by atoms with Gasteiger partial charge in [0.1, 0.15) is 17.1 Å². The van der Waals surface area contributed by atoms with E-state index in [1.165, 1.54) is 0 Å². The van der Waals surface area contributed by atoms with Crippen molar-refractivity contribution in [2.75, 3.05) is 7.11 Å². The number of fused-ring (bicyclic) bond motifs is 1. The molecule has 0 bridgehead atoms. The van der Waals surface area contributed by atoms with Gasteiger partial charge >= 0.3 is 5.97 Å². The number of aryl methyl sites for hydroxylation is 1. The molecular weight excluding hydrogens is 280 g/mol. The highest BCUT2D eigenvalue weighted by Crippen LogP contribution is 2.26. The van der Waals surface area contributed by atoms with Crippen LogP contribution in [-0.2, 0) is 11.2 Å². The van der Waals surface area contributed by atoms with Gasteiger partial charge in [-0.3, -0.25) is 4.79 Å². The van der Waals surface area contributed by atoms with Crippen LogP contribution >= 0.6 is 0 Å². The van der Waals surface area contributed by atoms with Crippen LogP contribution in [0.3, 0.4) is 0 Å². The maximum atomic E-state index is 12.0. The van der Waals surface area contributed by atoms with E-state index in [-0.39, 0.29) is 12.4 Å². The van der Waals surface area contributed by atoms with Gasteiger partial charge < -0.3 is 13.9 Å². The molecule has 2 aromatic carbocycles. The number of esters is 1. The normalized spacial score (nSPS) is 10.6. The lowest BCUT2D eigenvalue weighted by molar-refractivity contribution is -0.133. The fourth-order valence-electron chi connectivity index (χ4n) is 2.26. The molecule has 3 rings (SSSR count). The summed E-state index contributed by atoms with van der Waals surface area (Å²) in [5.41, 5.74) is 2.61. The quantitative estimate of drug-likeness (QED) is 0.541. The third kappa shape index (κ3) is 2.96. The summed E-state index contributed by atoms with van der Waals surface area (Å²) < 4.78 is 16.0. The minimum absolute atomic E-state index is 0.160. The van der Waals surface area contributed by atoms with Gasteiger partial charge in [0, 0.05) is 17.0 Å². The van der Waals surface area contributed by atoms with Crippen molar-refractivity contribution in [3.63, 3.8) is 0 Å². The van der Waals surface area contributed by atoms with Crippen LogP contribution < -0.4 is 9.47 Å². The summed E-state index contributed by atoms with van der Waals surface area (Å²) in [6.07, 6.45) is 1.74. The van der Waals surface area contributed by atoms with Gasteiger partial charge in [-0.05, 0) is 31.2 Å². The molecule has 0 aliphatic rings. The zero-order valence-electron chi connectivity index (χ0n) is 12.5. The molecule has 0 unspecified atom stereocenters. The smallest absolute Gasteiger partial charge is 0.315 e. The molecule has 1 aromatic heterocycles. The first-order chi connectivity index (χ1) is 10.7. The van der Waals surface area contributed by atoms with Gasteiger partial charge in [-0.1, -0.05) is 17.7 Å². The Morgan fingerprint density at radius 2 is 1.82 bits per heavy atom. The van der Waals surface area contributed by atoms with E-state index in [1.807, 2.05) is 31.2 Å². The Morgan fingerprint density at radius 1 is 1.09 bits per heavy atom. The Balaban J connectivity index is 1.75. The molecule has 22 heavy (non-hydrogen) atoms. The first-order valence-corrected chi connectivity index (χ1v) is 6.97. The Kier molecular flexibility index (Phi) is 3.83. The highest BCUT2D eigenvalue weighted by molar-refractivity contribution is 5.87. The van der Waals surface area contributed by atoms with Crippen LogP contribution in [0.5, 0.6) is 11.5 Å². The lowest BCUT2D eigenvalue weighted by atomic mass is 10.1. The van der Waals surface area contributed by atoms with Crippen LogP contribution in [0.2, 0.25) is 0 Å². The molecule has 0 aliphatic heterocycles. The number of rotatable bonds is 4. The zero-order valence-corrected chi connectivity index (χ0v) is 12.5. The van der Waals surface area contributed by atoms with Gasteiger partial charge in [0.2, 0.25) is 0 Å². The van der Waals surface area contributed by atoms with E-state index in [1.54, 1.807) is 31.6 Å². The second-order valence-corrected chi connectivity index (χ2v) is 5.09. The Bertz CT molecular complexity index is 800. The summed E-state index contributed by atoms with van der Waals surface area (Å²) in [4.78, 5) is 12.0. The molecule has 0 atom stereocenters. The van der Waals surface area contributed by atoms with Crippen LogP contribution in [-0.4, -0.2) is 13.1 Å². The number of benzene rings is 2. The highest BCUT2D eigenvalue weighted by atomic mass is 16.5. The summed E-state index contributed by atoms with van der Waals surface area (Å²) in [7, 11) is 1.60. The van der Waals surface area contributed by atoms with E-state index >= 15 is 0 Å². The third-order valence-corrected chi connectivity index (χ3v) is 3.45. The van der Waals surface area contributed by atoms with E-state index in [9.17, 15) is 4.79 Å². The molecular formula is C18H16O4. The van der Waals surface area contributed by atoms with E-state index in [4.69, 9.17) is 13.9 Å². The number of hydrogen-bond acceptors (Lipinski definition) is 4. The van der Waals surface area contributed by atoms with Crippen LogP contribution in [0.25, 0.3) is 11.0 Å². The van der Waals surface area contributed by atoms with Crippen LogP contribution in [0.15, 0.2) is 53.1 Å². The molecule has 1 heterocycles. The van der Waals surface area contributed by atoms with E-state index in [0.717, 1.165) is 22.3 Å². The number of carbonyl (C=O) groups is 1. The maximum Gasteiger partial charge on any atom is 0.315 e. The fraction of sp³-hybridized carbons (Fsp3) is 0.167. The van der Waals surface area contributed by atoms with E-state index in [0.29, 0.717) is 11.3 Å². The van der Waals surface area contributed by atoms with Gasteiger partial charge in [-0.2, -0.15) is 0 Å². The van der Waals surface area contributed by atoms with Crippen molar-refractivity contribution in [3.8, 4) is 11.5 Å². The average molecular weight is 296 g/mol. The zero-order chi connectivity index (χ0) is 15.5. The monoisotopic (exact) mass is 296 g/mol. The van der Waals surface area contributed by atoms with Crippen molar-refractivity contribution in [1.29, 1.82) is 0 Å². The SMILES string of the molecule is COc1ccc2c(CC(=O)Oc3ccc(C)cc3)coc2c1. The second-order valence-electron chi connectivity index (χ2n) is 5.09. The van der Waals surface area contributed by atoms with Crippen molar-refractivity contribution in [2.24, 2.45) is 0 Å². The largest absolute Gasteiger partial charge is 0.497 e. The Hall–Kier alpha value is -2.75. The molecule has 0 radical (unpaired) electrons. The molecule has 0 fully saturated rings. The van der Waals surface area contributed by atoms with Crippen molar-refractivity contribution < 1.29 is 18.7 Å². The predicted octanol–water partition coefficient (Wildman–Crippen LogP) is 3.90. The summed E-state index contributed by atoms with van der Waals surface area (Å²) in [6, 6.07) is 12.9. The minimum atomic E-state index is -0.317. The Morgan fingerprint density at radius 3 is 2.55 bits per heavy atom. The molecule has 0 saturated carbocycles. The average Bonchev–Trinajstić information content (AvgIpc) is 2.91.